The van der Waals surface area contributed by atoms with Crippen molar-refractivity contribution in [3.05, 3.63) is 28.5 Å². The standard InChI is InChI=1S/C13H16BrN3O2/c1-9-8-17(13-15-6-11(14)7-16-13)4-3-10(9)5-12(18)19-2/h3,6-7,9H,4-5,8H2,1-2H3. The van der Waals surface area contributed by atoms with Gasteiger partial charge in [0, 0.05) is 25.5 Å². The molecule has 1 atom stereocenters. The van der Waals surface area contributed by atoms with Crippen LogP contribution in [0.3, 0.4) is 0 Å². The maximum absolute atomic E-state index is 11.3. The number of hydrogen-bond donors (Lipinski definition) is 0. The zero-order valence-electron chi connectivity index (χ0n) is 11.0. The quantitative estimate of drug-likeness (QED) is 0.629. The van der Waals surface area contributed by atoms with Gasteiger partial charge in [-0.2, -0.15) is 0 Å². The van der Waals surface area contributed by atoms with Crippen molar-refractivity contribution < 1.29 is 9.53 Å². The highest BCUT2D eigenvalue weighted by molar-refractivity contribution is 9.10. The second-order valence-electron chi connectivity index (χ2n) is 4.54. The molecule has 2 rings (SSSR count). The minimum atomic E-state index is -0.188. The number of nitrogens with zero attached hydrogens (tertiary/aromatic N) is 3. The Morgan fingerprint density at radius 2 is 2.21 bits per heavy atom. The lowest BCUT2D eigenvalue weighted by Crippen LogP contribution is -2.35. The lowest BCUT2D eigenvalue weighted by Gasteiger charge is -2.30. The highest BCUT2D eigenvalue weighted by Crippen LogP contribution is 2.23. The van der Waals surface area contributed by atoms with Crippen LogP contribution in [0.15, 0.2) is 28.5 Å². The van der Waals surface area contributed by atoms with Gasteiger partial charge in [0.2, 0.25) is 5.95 Å². The fourth-order valence-electron chi connectivity index (χ4n) is 2.07. The fraction of sp³-hybridized carbons (Fsp3) is 0.462. The number of esters is 1. The number of hydrogen-bond acceptors (Lipinski definition) is 5. The van der Waals surface area contributed by atoms with Crippen molar-refractivity contribution in [2.24, 2.45) is 5.92 Å². The van der Waals surface area contributed by atoms with Gasteiger partial charge in [0.1, 0.15) is 0 Å². The van der Waals surface area contributed by atoms with E-state index in [1.807, 2.05) is 0 Å². The van der Waals surface area contributed by atoms with Crippen molar-refractivity contribution in [1.82, 2.24) is 9.97 Å². The average Bonchev–Trinajstić information content (AvgIpc) is 2.41. The van der Waals surface area contributed by atoms with E-state index >= 15 is 0 Å². The van der Waals surface area contributed by atoms with Gasteiger partial charge in [-0.15, -0.1) is 0 Å². The van der Waals surface area contributed by atoms with E-state index in [0.29, 0.717) is 18.3 Å². The van der Waals surface area contributed by atoms with Crippen LogP contribution in [-0.4, -0.2) is 36.1 Å². The first-order valence-corrected chi connectivity index (χ1v) is 6.87. The summed E-state index contributed by atoms with van der Waals surface area (Å²) in [5.74, 6) is 0.815. The van der Waals surface area contributed by atoms with Crippen molar-refractivity contribution in [3.8, 4) is 0 Å². The molecule has 5 nitrogen and oxygen atoms in total. The molecule has 0 saturated heterocycles. The Labute approximate surface area is 120 Å². The third-order valence-electron chi connectivity index (χ3n) is 3.17. The number of rotatable bonds is 3. The smallest absolute Gasteiger partial charge is 0.309 e. The molecule has 1 unspecified atom stereocenters. The van der Waals surface area contributed by atoms with Crippen LogP contribution in [-0.2, 0) is 9.53 Å². The van der Waals surface area contributed by atoms with Crippen LogP contribution in [0.5, 0.6) is 0 Å². The van der Waals surface area contributed by atoms with Gasteiger partial charge in [-0.05, 0) is 21.8 Å². The van der Waals surface area contributed by atoms with E-state index in [2.05, 4.69) is 43.8 Å². The summed E-state index contributed by atoms with van der Waals surface area (Å²) in [6.07, 6.45) is 5.91. The lowest BCUT2D eigenvalue weighted by atomic mass is 9.94. The number of carbonyl (C=O) groups is 1. The van der Waals surface area contributed by atoms with Crippen LogP contribution in [0.1, 0.15) is 13.3 Å². The second kappa shape index (κ2) is 6.14. The van der Waals surface area contributed by atoms with Crippen LogP contribution in [0.4, 0.5) is 5.95 Å². The number of aromatic nitrogens is 2. The molecule has 0 N–H and O–H groups in total. The number of ether oxygens (including phenoxy) is 1. The monoisotopic (exact) mass is 325 g/mol. The number of carbonyl (C=O) groups excluding carboxylic acids is 1. The zero-order chi connectivity index (χ0) is 13.8. The minimum absolute atomic E-state index is 0.188. The van der Waals surface area contributed by atoms with Crippen molar-refractivity contribution in [2.75, 3.05) is 25.1 Å². The third kappa shape index (κ3) is 3.53. The molecule has 1 aliphatic heterocycles. The van der Waals surface area contributed by atoms with Gasteiger partial charge in [-0.1, -0.05) is 18.6 Å². The van der Waals surface area contributed by atoms with E-state index in [4.69, 9.17) is 4.74 Å². The molecule has 19 heavy (non-hydrogen) atoms. The summed E-state index contributed by atoms with van der Waals surface area (Å²) in [7, 11) is 1.42. The van der Waals surface area contributed by atoms with Gasteiger partial charge in [0.15, 0.2) is 0 Å². The molecule has 0 bridgehead atoms. The lowest BCUT2D eigenvalue weighted by molar-refractivity contribution is -0.139. The molecule has 0 aliphatic carbocycles. The molecule has 1 aliphatic rings. The Balaban J connectivity index is 2.06. The number of anilines is 1. The largest absolute Gasteiger partial charge is 0.469 e. The second-order valence-corrected chi connectivity index (χ2v) is 5.45. The molecule has 0 radical (unpaired) electrons. The Kier molecular flexibility index (Phi) is 4.52. The van der Waals surface area contributed by atoms with Gasteiger partial charge in [-0.3, -0.25) is 4.79 Å². The highest BCUT2D eigenvalue weighted by atomic mass is 79.9. The average molecular weight is 326 g/mol. The molecule has 0 amide bonds. The molecule has 102 valence electrons. The van der Waals surface area contributed by atoms with Crippen LogP contribution < -0.4 is 4.90 Å². The van der Waals surface area contributed by atoms with Crippen molar-refractivity contribution >= 4 is 27.8 Å². The topological polar surface area (TPSA) is 55.3 Å². The van der Waals surface area contributed by atoms with Crippen molar-refractivity contribution in [3.63, 3.8) is 0 Å². The van der Waals surface area contributed by atoms with E-state index in [1.54, 1.807) is 12.4 Å². The SMILES string of the molecule is COC(=O)CC1=CCN(c2ncc(Br)cn2)CC1C. The van der Waals surface area contributed by atoms with Crippen LogP contribution in [0.25, 0.3) is 0 Å². The number of halogens is 1. The molecule has 1 aromatic rings. The first-order valence-electron chi connectivity index (χ1n) is 6.08. The van der Waals surface area contributed by atoms with Crippen molar-refractivity contribution in [2.45, 2.75) is 13.3 Å². The molecule has 0 saturated carbocycles. The summed E-state index contributed by atoms with van der Waals surface area (Å²) in [6, 6.07) is 0. The van der Waals surface area contributed by atoms with E-state index in [1.165, 1.54) is 7.11 Å². The molecule has 6 heteroatoms. The number of methoxy groups -OCH3 is 1. The van der Waals surface area contributed by atoms with Gasteiger partial charge >= 0.3 is 5.97 Å². The molecule has 2 heterocycles. The fourth-order valence-corrected chi connectivity index (χ4v) is 2.27. The van der Waals surface area contributed by atoms with Crippen LogP contribution in [0, 0.1) is 5.92 Å². The highest BCUT2D eigenvalue weighted by Gasteiger charge is 2.22. The Bertz CT molecular complexity index is 487. The van der Waals surface area contributed by atoms with Gasteiger partial charge in [0.05, 0.1) is 18.0 Å². The van der Waals surface area contributed by atoms with E-state index in [-0.39, 0.29) is 5.97 Å². The Hall–Kier alpha value is -1.43. The third-order valence-corrected chi connectivity index (χ3v) is 3.58. The maximum atomic E-state index is 11.3. The molecule has 0 spiro atoms. The van der Waals surface area contributed by atoms with Crippen LogP contribution in [0.2, 0.25) is 0 Å². The van der Waals surface area contributed by atoms with Crippen molar-refractivity contribution in [1.29, 1.82) is 0 Å². The molecular formula is C13H16BrN3O2. The molecule has 0 aromatic carbocycles. The zero-order valence-corrected chi connectivity index (χ0v) is 12.6. The predicted octanol–water partition coefficient (Wildman–Crippen LogP) is 2.18. The van der Waals surface area contributed by atoms with Gasteiger partial charge < -0.3 is 9.64 Å². The van der Waals surface area contributed by atoms with E-state index in [9.17, 15) is 4.79 Å². The normalized spacial score (nSPS) is 19.0. The summed E-state index contributed by atoms with van der Waals surface area (Å²) in [4.78, 5) is 22.0. The Morgan fingerprint density at radius 1 is 1.53 bits per heavy atom. The molecule has 1 aromatic heterocycles. The van der Waals surface area contributed by atoms with Crippen LogP contribution >= 0.6 is 15.9 Å². The van der Waals surface area contributed by atoms with E-state index < -0.39 is 0 Å². The summed E-state index contributed by atoms with van der Waals surface area (Å²) in [6.45, 7) is 3.63. The van der Waals surface area contributed by atoms with Gasteiger partial charge in [-0.25, -0.2) is 9.97 Å². The predicted molar refractivity (Wildman–Crippen MR) is 75.8 cm³/mol. The first kappa shape index (κ1) is 14.0. The molecule has 0 fully saturated rings. The molecular weight excluding hydrogens is 310 g/mol. The van der Waals surface area contributed by atoms with Gasteiger partial charge in [0.25, 0.3) is 0 Å². The summed E-state index contributed by atoms with van der Waals surface area (Å²) in [5.41, 5.74) is 1.13. The van der Waals surface area contributed by atoms with E-state index in [0.717, 1.165) is 23.1 Å². The maximum Gasteiger partial charge on any atom is 0.309 e. The minimum Gasteiger partial charge on any atom is -0.469 e. The summed E-state index contributed by atoms with van der Waals surface area (Å²) >= 11 is 3.32. The first-order chi connectivity index (χ1) is 9.10. The summed E-state index contributed by atoms with van der Waals surface area (Å²) in [5, 5.41) is 0. The summed E-state index contributed by atoms with van der Waals surface area (Å²) < 4.78 is 5.57. The Morgan fingerprint density at radius 3 is 2.79 bits per heavy atom.